The Hall–Kier alpha value is -1.56. The van der Waals surface area contributed by atoms with Crippen LogP contribution < -0.4 is 10.6 Å². The first kappa shape index (κ1) is 14.8. The van der Waals surface area contributed by atoms with Crippen molar-refractivity contribution in [2.75, 3.05) is 11.9 Å². The van der Waals surface area contributed by atoms with E-state index in [1.807, 2.05) is 0 Å². The van der Waals surface area contributed by atoms with Crippen LogP contribution in [-0.2, 0) is 0 Å². The Morgan fingerprint density at radius 2 is 2.05 bits per heavy atom. The topological polar surface area (TPSA) is 78.4 Å². The molecule has 1 aromatic heterocycles. The van der Waals surface area contributed by atoms with E-state index in [1.54, 1.807) is 5.38 Å². The van der Waals surface area contributed by atoms with E-state index in [4.69, 9.17) is 5.11 Å². The van der Waals surface area contributed by atoms with E-state index in [2.05, 4.69) is 10.6 Å². The third-order valence-corrected chi connectivity index (χ3v) is 4.52. The van der Waals surface area contributed by atoms with Gasteiger partial charge in [-0.1, -0.05) is 32.1 Å². The van der Waals surface area contributed by atoms with Crippen molar-refractivity contribution in [3.05, 3.63) is 17.0 Å². The Kier molecular flexibility index (Phi) is 5.40. The smallest absolute Gasteiger partial charge is 0.338 e. The molecule has 1 saturated carbocycles. The molecular formula is C14H20N2O3S. The van der Waals surface area contributed by atoms with Crippen molar-refractivity contribution >= 4 is 28.3 Å². The molecular weight excluding hydrogens is 276 g/mol. The van der Waals surface area contributed by atoms with E-state index in [0.29, 0.717) is 11.5 Å². The average Bonchev–Trinajstić information content (AvgIpc) is 2.88. The monoisotopic (exact) mass is 296 g/mol. The molecule has 20 heavy (non-hydrogen) atoms. The summed E-state index contributed by atoms with van der Waals surface area (Å²) in [6, 6.07) is 1.16. The fourth-order valence-electron chi connectivity index (χ4n) is 2.59. The van der Waals surface area contributed by atoms with Crippen molar-refractivity contribution < 1.29 is 14.7 Å². The molecule has 0 unspecified atom stereocenters. The lowest BCUT2D eigenvalue weighted by molar-refractivity contribution is 0.0698. The van der Waals surface area contributed by atoms with Gasteiger partial charge in [-0.25, -0.2) is 9.59 Å². The molecule has 6 heteroatoms. The highest BCUT2D eigenvalue weighted by Crippen LogP contribution is 2.26. The number of carboxylic acid groups (broad SMARTS) is 1. The lowest BCUT2D eigenvalue weighted by Gasteiger charge is -2.21. The molecule has 0 radical (unpaired) electrons. The fraction of sp³-hybridized carbons (Fsp3) is 0.571. The van der Waals surface area contributed by atoms with Crippen LogP contribution in [0.15, 0.2) is 11.4 Å². The van der Waals surface area contributed by atoms with Crippen molar-refractivity contribution in [1.29, 1.82) is 0 Å². The van der Waals surface area contributed by atoms with Gasteiger partial charge in [0.1, 0.15) is 5.00 Å². The first-order chi connectivity index (χ1) is 9.66. The Morgan fingerprint density at radius 1 is 1.30 bits per heavy atom. The summed E-state index contributed by atoms with van der Waals surface area (Å²) in [5.41, 5.74) is 0.137. The van der Waals surface area contributed by atoms with Gasteiger partial charge in [-0.2, -0.15) is 0 Å². The van der Waals surface area contributed by atoms with E-state index in [-0.39, 0.29) is 11.6 Å². The van der Waals surface area contributed by atoms with Crippen molar-refractivity contribution in [3.63, 3.8) is 0 Å². The number of hydrogen-bond donors (Lipinski definition) is 3. The maximum Gasteiger partial charge on any atom is 0.338 e. The molecule has 3 N–H and O–H groups in total. The van der Waals surface area contributed by atoms with Crippen LogP contribution in [0.4, 0.5) is 9.80 Å². The van der Waals surface area contributed by atoms with Crippen LogP contribution in [0.5, 0.6) is 0 Å². The number of anilines is 1. The predicted octanol–water partition coefficient (Wildman–Crippen LogP) is 3.54. The SMILES string of the molecule is O=C(NCCC1CCCCC1)Nc1sccc1C(=O)O. The number of hydrogen-bond acceptors (Lipinski definition) is 3. The highest BCUT2D eigenvalue weighted by molar-refractivity contribution is 7.14. The lowest BCUT2D eigenvalue weighted by atomic mass is 9.87. The minimum Gasteiger partial charge on any atom is -0.478 e. The number of carbonyl (C=O) groups excluding carboxylic acids is 1. The number of aromatic carboxylic acids is 1. The zero-order valence-corrected chi connectivity index (χ0v) is 12.2. The van der Waals surface area contributed by atoms with E-state index in [1.165, 1.54) is 49.5 Å². The molecule has 0 aromatic carbocycles. The maximum absolute atomic E-state index is 11.7. The molecule has 0 atom stereocenters. The van der Waals surface area contributed by atoms with Gasteiger partial charge in [-0.15, -0.1) is 11.3 Å². The molecule has 1 heterocycles. The van der Waals surface area contributed by atoms with Gasteiger partial charge >= 0.3 is 12.0 Å². The van der Waals surface area contributed by atoms with Gasteiger partial charge in [-0.3, -0.25) is 5.32 Å². The van der Waals surface area contributed by atoms with Gasteiger partial charge in [0.05, 0.1) is 5.56 Å². The van der Waals surface area contributed by atoms with Crippen molar-refractivity contribution in [3.8, 4) is 0 Å². The first-order valence-corrected chi connectivity index (χ1v) is 7.90. The Morgan fingerprint density at radius 3 is 2.75 bits per heavy atom. The Labute approximate surface area is 122 Å². The Balaban J connectivity index is 1.72. The third-order valence-electron chi connectivity index (χ3n) is 3.69. The van der Waals surface area contributed by atoms with Crippen LogP contribution in [0.3, 0.4) is 0 Å². The van der Waals surface area contributed by atoms with Crippen molar-refractivity contribution in [2.24, 2.45) is 5.92 Å². The molecule has 5 nitrogen and oxygen atoms in total. The molecule has 0 aliphatic heterocycles. The molecule has 0 spiro atoms. The molecule has 1 fully saturated rings. The van der Waals surface area contributed by atoms with E-state index in [9.17, 15) is 9.59 Å². The molecule has 110 valence electrons. The van der Waals surface area contributed by atoms with Crippen LogP contribution in [0.2, 0.25) is 0 Å². The summed E-state index contributed by atoms with van der Waals surface area (Å²) < 4.78 is 0. The molecule has 1 aliphatic carbocycles. The summed E-state index contributed by atoms with van der Waals surface area (Å²) in [6.45, 7) is 0.643. The number of carboxylic acids is 1. The largest absolute Gasteiger partial charge is 0.478 e. The number of carbonyl (C=O) groups is 2. The number of thiophene rings is 1. The van der Waals surface area contributed by atoms with E-state index in [0.717, 1.165) is 12.3 Å². The summed E-state index contributed by atoms with van der Waals surface area (Å²) >= 11 is 1.21. The minimum atomic E-state index is -1.02. The normalized spacial score (nSPS) is 15.8. The maximum atomic E-state index is 11.7. The van der Waals surface area contributed by atoms with Gasteiger partial charge in [0.2, 0.25) is 0 Å². The number of rotatable bonds is 5. The second-order valence-electron chi connectivity index (χ2n) is 5.14. The predicted molar refractivity (Wildman–Crippen MR) is 79.5 cm³/mol. The minimum absolute atomic E-state index is 0.137. The number of amides is 2. The Bertz CT molecular complexity index is 467. The molecule has 0 saturated heterocycles. The number of urea groups is 1. The zero-order valence-electron chi connectivity index (χ0n) is 11.4. The van der Waals surface area contributed by atoms with E-state index >= 15 is 0 Å². The lowest BCUT2D eigenvalue weighted by Crippen LogP contribution is -2.30. The van der Waals surface area contributed by atoms with Crippen LogP contribution in [0.1, 0.15) is 48.9 Å². The standard InChI is InChI=1S/C14H20N2O3S/c17-13(18)11-7-9-20-12(11)16-14(19)15-8-6-10-4-2-1-3-5-10/h7,9-10H,1-6,8H2,(H,17,18)(H2,15,16,19). The number of nitrogens with one attached hydrogen (secondary N) is 2. The zero-order chi connectivity index (χ0) is 14.4. The summed E-state index contributed by atoms with van der Waals surface area (Å²) in [6.07, 6.45) is 7.46. The van der Waals surface area contributed by atoms with Crippen LogP contribution in [0.25, 0.3) is 0 Å². The van der Waals surface area contributed by atoms with Crippen molar-refractivity contribution in [2.45, 2.75) is 38.5 Å². The molecule has 2 rings (SSSR count). The van der Waals surface area contributed by atoms with Gasteiger partial charge in [0, 0.05) is 6.54 Å². The van der Waals surface area contributed by atoms with E-state index < -0.39 is 5.97 Å². The second-order valence-corrected chi connectivity index (χ2v) is 6.06. The summed E-state index contributed by atoms with van der Waals surface area (Å²) in [4.78, 5) is 22.6. The summed E-state index contributed by atoms with van der Waals surface area (Å²) in [7, 11) is 0. The molecule has 2 amide bonds. The molecule has 0 bridgehead atoms. The summed E-state index contributed by atoms with van der Waals surface area (Å²) in [5, 5.41) is 16.4. The van der Waals surface area contributed by atoms with Crippen LogP contribution >= 0.6 is 11.3 Å². The molecule has 1 aliphatic rings. The first-order valence-electron chi connectivity index (χ1n) is 7.02. The average molecular weight is 296 g/mol. The third kappa shape index (κ3) is 4.23. The van der Waals surface area contributed by atoms with Gasteiger partial charge in [0.25, 0.3) is 0 Å². The van der Waals surface area contributed by atoms with Gasteiger partial charge < -0.3 is 10.4 Å². The highest BCUT2D eigenvalue weighted by Gasteiger charge is 2.15. The second kappa shape index (κ2) is 7.28. The summed E-state index contributed by atoms with van der Waals surface area (Å²) in [5.74, 6) is -0.302. The van der Waals surface area contributed by atoms with Crippen molar-refractivity contribution in [1.82, 2.24) is 5.32 Å². The van der Waals surface area contributed by atoms with Crippen LogP contribution in [-0.4, -0.2) is 23.7 Å². The molecule has 1 aromatic rings. The van der Waals surface area contributed by atoms with Gasteiger partial charge in [-0.05, 0) is 23.8 Å². The quantitative estimate of drug-likeness (QED) is 0.777. The highest BCUT2D eigenvalue weighted by atomic mass is 32.1. The fourth-order valence-corrected chi connectivity index (χ4v) is 3.36. The van der Waals surface area contributed by atoms with Crippen LogP contribution in [0, 0.1) is 5.92 Å². The van der Waals surface area contributed by atoms with Gasteiger partial charge in [0.15, 0.2) is 0 Å².